The predicted octanol–water partition coefficient (Wildman–Crippen LogP) is 2.01. The fourth-order valence-corrected chi connectivity index (χ4v) is 6.64. The summed E-state index contributed by atoms with van der Waals surface area (Å²) in [7, 11) is 6.89. The molecule has 4 rings (SSSR count). The molecule has 1 unspecified atom stereocenters. The van der Waals surface area contributed by atoms with Gasteiger partial charge in [0, 0.05) is 31.3 Å². The van der Waals surface area contributed by atoms with Crippen LogP contribution in [0.2, 0.25) is 0 Å². The Morgan fingerprint density at radius 2 is 1.79 bits per heavy atom. The van der Waals surface area contributed by atoms with Crippen molar-refractivity contribution in [2.24, 2.45) is 23.5 Å². The summed E-state index contributed by atoms with van der Waals surface area (Å²) in [5.41, 5.74) is 4.02. The molecule has 10 nitrogen and oxygen atoms in total. The van der Waals surface area contributed by atoms with Crippen molar-refractivity contribution in [2.75, 3.05) is 33.1 Å². The van der Waals surface area contributed by atoms with E-state index in [4.69, 9.17) is 5.73 Å². The Kier molecular flexibility index (Phi) is 7.33. The van der Waals surface area contributed by atoms with E-state index in [1.165, 1.54) is 4.90 Å². The van der Waals surface area contributed by atoms with Crippen LogP contribution >= 0.6 is 0 Å². The number of fused-ring (bicyclic) bond motifs is 3. The summed E-state index contributed by atoms with van der Waals surface area (Å²) in [5.74, 6) is -5.89. The normalized spacial score (nSPS) is 26.6. The van der Waals surface area contributed by atoms with Crippen LogP contribution in [-0.2, 0) is 27.2 Å². The molecule has 0 radical (unpaired) electrons. The molecule has 1 aromatic carbocycles. The SMILES string of the molecule is CC(C)CCCc1cc(N(C)C)c2c(c1O)C(O)=C1C(=O)[C@]3(O)C(O)=C(C(N)=O)C(=O)C(N(C)C)[C@H]3C[C@H]1C2. The van der Waals surface area contributed by atoms with Crippen molar-refractivity contribution in [2.45, 2.75) is 57.6 Å². The van der Waals surface area contributed by atoms with Crippen LogP contribution < -0.4 is 10.6 Å². The highest BCUT2D eigenvalue weighted by molar-refractivity contribution is 6.24. The van der Waals surface area contributed by atoms with Crippen molar-refractivity contribution in [1.82, 2.24) is 4.90 Å². The molecule has 4 atom stereocenters. The Labute approximate surface area is 228 Å². The molecule has 0 heterocycles. The summed E-state index contributed by atoms with van der Waals surface area (Å²) in [6.45, 7) is 4.24. The van der Waals surface area contributed by atoms with Crippen LogP contribution in [0.25, 0.3) is 5.76 Å². The maximum absolute atomic E-state index is 14.0. The highest BCUT2D eigenvalue weighted by atomic mass is 16.3. The van der Waals surface area contributed by atoms with Gasteiger partial charge >= 0.3 is 0 Å². The van der Waals surface area contributed by atoms with E-state index in [1.54, 1.807) is 14.1 Å². The molecule has 0 spiro atoms. The van der Waals surface area contributed by atoms with Crippen molar-refractivity contribution in [3.8, 4) is 5.75 Å². The molecule has 0 bridgehead atoms. The van der Waals surface area contributed by atoms with Gasteiger partial charge in [0.05, 0.1) is 11.6 Å². The molecule has 3 aliphatic rings. The summed E-state index contributed by atoms with van der Waals surface area (Å²) in [6, 6.07) is 0.807. The quantitative estimate of drug-likeness (QED) is 0.325. The summed E-state index contributed by atoms with van der Waals surface area (Å²) in [5, 5.41) is 45.6. The summed E-state index contributed by atoms with van der Waals surface area (Å²) < 4.78 is 0. The number of ketones is 2. The first kappa shape index (κ1) is 28.6. The number of benzene rings is 1. The zero-order valence-electron chi connectivity index (χ0n) is 23.4. The molecule has 10 heteroatoms. The van der Waals surface area contributed by atoms with Crippen LogP contribution in [0.5, 0.6) is 5.75 Å². The summed E-state index contributed by atoms with van der Waals surface area (Å²) in [4.78, 5) is 42.7. The lowest BCUT2D eigenvalue weighted by Gasteiger charge is -2.50. The van der Waals surface area contributed by atoms with E-state index in [9.17, 15) is 34.8 Å². The van der Waals surface area contributed by atoms with E-state index in [0.29, 0.717) is 23.5 Å². The van der Waals surface area contributed by atoms with Crippen molar-refractivity contribution in [3.05, 3.63) is 39.7 Å². The van der Waals surface area contributed by atoms with Crippen LogP contribution in [0.4, 0.5) is 5.69 Å². The number of nitrogens with zero attached hydrogens (tertiary/aromatic N) is 2. The molecular formula is C29H39N3O7. The van der Waals surface area contributed by atoms with Gasteiger partial charge in [-0.3, -0.25) is 19.3 Å². The predicted molar refractivity (Wildman–Crippen MR) is 146 cm³/mol. The number of Topliss-reactive ketones (excluding diaryl/α,β-unsaturated/α-hetero) is 2. The zero-order valence-corrected chi connectivity index (χ0v) is 23.4. The van der Waals surface area contributed by atoms with Gasteiger partial charge in [-0.25, -0.2) is 0 Å². The lowest BCUT2D eigenvalue weighted by atomic mass is 9.57. The largest absolute Gasteiger partial charge is 0.508 e. The first-order chi connectivity index (χ1) is 18.1. The number of aryl methyl sites for hydroxylation is 1. The van der Waals surface area contributed by atoms with E-state index < -0.39 is 58.0 Å². The number of likely N-dealkylation sites (N-methyl/N-ethyl adjacent to an activating group) is 1. The van der Waals surface area contributed by atoms with Gasteiger partial charge in [-0.2, -0.15) is 0 Å². The molecular weight excluding hydrogens is 502 g/mol. The monoisotopic (exact) mass is 541 g/mol. The van der Waals surface area contributed by atoms with Gasteiger partial charge in [-0.15, -0.1) is 0 Å². The highest BCUT2D eigenvalue weighted by Gasteiger charge is 2.64. The molecule has 1 aromatic rings. The number of anilines is 1. The van der Waals surface area contributed by atoms with Crippen molar-refractivity contribution >= 4 is 28.9 Å². The average Bonchev–Trinajstić information content (AvgIpc) is 2.81. The van der Waals surface area contributed by atoms with E-state index in [0.717, 1.165) is 18.5 Å². The number of aromatic hydroxyl groups is 1. The van der Waals surface area contributed by atoms with Crippen LogP contribution in [0.1, 0.15) is 49.8 Å². The standard InChI is InChI=1S/C29H39N3O7/c1-13(2)8-7-9-14-12-18(31(3)4)16-10-15-11-17-22(32(5)6)25(35)21(28(30)38)27(37)29(17,39)26(36)19(15)24(34)20(16)23(14)33/h12-13,15,17,22,33-34,37,39H,7-11H2,1-6H3,(H2,30,38)/t15-,17-,22?,29+/m1/s1. The lowest BCUT2D eigenvalue weighted by Crippen LogP contribution is -2.65. The molecule has 0 aromatic heterocycles. The van der Waals surface area contributed by atoms with E-state index in [-0.39, 0.29) is 29.7 Å². The van der Waals surface area contributed by atoms with E-state index >= 15 is 0 Å². The van der Waals surface area contributed by atoms with Crippen LogP contribution in [0.3, 0.4) is 0 Å². The third kappa shape index (κ3) is 4.30. The number of phenols is 1. The third-order valence-corrected chi connectivity index (χ3v) is 8.49. The van der Waals surface area contributed by atoms with Gasteiger partial charge < -0.3 is 31.1 Å². The Hall–Kier alpha value is -3.37. The van der Waals surface area contributed by atoms with Gasteiger partial charge in [-0.1, -0.05) is 20.3 Å². The number of aliphatic hydroxyl groups is 3. The van der Waals surface area contributed by atoms with Gasteiger partial charge in [0.15, 0.2) is 11.4 Å². The van der Waals surface area contributed by atoms with Crippen LogP contribution in [-0.4, -0.2) is 82.6 Å². The van der Waals surface area contributed by atoms with Gasteiger partial charge in [0.2, 0.25) is 5.78 Å². The number of hydrogen-bond acceptors (Lipinski definition) is 9. The molecule has 3 aliphatic carbocycles. The number of nitrogens with two attached hydrogens (primary N) is 1. The number of carbonyl (C=O) groups excluding carboxylic acids is 3. The second-order valence-corrected chi connectivity index (χ2v) is 11.9. The molecule has 212 valence electrons. The van der Waals surface area contributed by atoms with Crippen molar-refractivity contribution in [1.29, 1.82) is 0 Å². The molecule has 39 heavy (non-hydrogen) atoms. The number of hydrogen-bond donors (Lipinski definition) is 5. The molecule has 1 saturated carbocycles. The topological polar surface area (TPSA) is 165 Å². The van der Waals surface area contributed by atoms with Gasteiger partial charge in [0.1, 0.15) is 22.8 Å². The minimum atomic E-state index is -2.64. The first-order valence-corrected chi connectivity index (χ1v) is 13.3. The summed E-state index contributed by atoms with van der Waals surface area (Å²) >= 11 is 0. The average molecular weight is 542 g/mol. The molecule has 0 saturated heterocycles. The van der Waals surface area contributed by atoms with Crippen LogP contribution in [0.15, 0.2) is 23.0 Å². The second kappa shape index (κ2) is 9.98. The molecule has 1 fully saturated rings. The molecule has 6 N–H and O–H groups in total. The Morgan fingerprint density at radius 1 is 1.15 bits per heavy atom. The van der Waals surface area contributed by atoms with E-state index in [2.05, 4.69) is 13.8 Å². The number of rotatable bonds is 7. The van der Waals surface area contributed by atoms with Crippen molar-refractivity contribution < 1.29 is 34.8 Å². The minimum Gasteiger partial charge on any atom is -0.508 e. The first-order valence-electron chi connectivity index (χ1n) is 13.3. The Morgan fingerprint density at radius 3 is 2.33 bits per heavy atom. The smallest absolute Gasteiger partial charge is 0.255 e. The number of carbonyl (C=O) groups is 3. The van der Waals surface area contributed by atoms with E-state index in [1.807, 2.05) is 25.1 Å². The third-order valence-electron chi connectivity index (χ3n) is 8.49. The fourth-order valence-electron chi connectivity index (χ4n) is 6.64. The number of primary amides is 1. The van der Waals surface area contributed by atoms with Crippen LogP contribution in [0, 0.1) is 17.8 Å². The Bertz CT molecular complexity index is 1310. The maximum atomic E-state index is 14.0. The van der Waals surface area contributed by atoms with Crippen molar-refractivity contribution in [3.63, 3.8) is 0 Å². The van der Waals surface area contributed by atoms with Gasteiger partial charge in [-0.05, 0) is 68.8 Å². The maximum Gasteiger partial charge on any atom is 0.255 e. The Balaban J connectivity index is 1.93. The highest BCUT2D eigenvalue weighted by Crippen LogP contribution is 2.54. The lowest BCUT2D eigenvalue weighted by molar-refractivity contribution is -0.153. The second-order valence-electron chi connectivity index (χ2n) is 11.9. The zero-order chi connectivity index (χ0) is 29.1. The number of phenolic OH excluding ortho intramolecular Hbond substituents is 1. The molecule has 1 amide bonds. The summed E-state index contributed by atoms with van der Waals surface area (Å²) in [6.07, 6.45) is 2.68. The fraction of sp³-hybridized carbons (Fsp3) is 0.552. The number of aliphatic hydroxyl groups excluding tert-OH is 2. The number of amides is 1. The van der Waals surface area contributed by atoms with Gasteiger partial charge in [0.25, 0.3) is 5.91 Å². The molecule has 0 aliphatic heterocycles. The minimum absolute atomic E-state index is 0.0650.